The molecule has 1 N–H and O–H groups in total. The summed E-state index contributed by atoms with van der Waals surface area (Å²) >= 11 is 3.36. The first-order chi connectivity index (χ1) is 13.6. The van der Waals surface area contributed by atoms with Crippen LogP contribution in [0.1, 0.15) is 32.4 Å². The van der Waals surface area contributed by atoms with E-state index in [0.717, 1.165) is 10.9 Å². The summed E-state index contributed by atoms with van der Waals surface area (Å²) in [6, 6.07) is 23.6. The predicted octanol–water partition coefficient (Wildman–Crippen LogP) is 5.71. The Morgan fingerprint density at radius 2 is 1.50 bits per heavy atom. The van der Waals surface area contributed by atoms with Crippen molar-refractivity contribution in [3.05, 3.63) is 106 Å². The number of ketones is 1. The number of hydrogen-bond acceptors (Lipinski definition) is 3. The van der Waals surface area contributed by atoms with Crippen molar-refractivity contribution >= 4 is 38.6 Å². The molecule has 3 aromatic carbocycles. The summed E-state index contributed by atoms with van der Waals surface area (Å²) in [5.74, 6) is -0.835. The van der Waals surface area contributed by atoms with Crippen molar-refractivity contribution < 1.29 is 14.3 Å². The van der Waals surface area contributed by atoms with Gasteiger partial charge >= 0.3 is 5.97 Å². The van der Waals surface area contributed by atoms with Crippen molar-refractivity contribution in [2.24, 2.45) is 0 Å². The number of aromatic amines is 1. The molecule has 0 spiro atoms. The minimum Gasteiger partial charge on any atom is -0.445 e. The van der Waals surface area contributed by atoms with Crippen LogP contribution in [0.25, 0.3) is 10.9 Å². The molecule has 4 aromatic rings. The molecule has 5 heteroatoms. The number of rotatable bonds is 5. The lowest BCUT2D eigenvalue weighted by molar-refractivity contribution is 0.0279. The molecule has 0 saturated carbocycles. The summed E-state index contributed by atoms with van der Waals surface area (Å²) in [4.78, 5) is 29.2. The van der Waals surface area contributed by atoms with Crippen LogP contribution in [0.5, 0.6) is 0 Å². The first-order valence-corrected chi connectivity index (χ1v) is 9.55. The number of ether oxygens (including phenoxy) is 1. The fraction of sp³-hybridized carbons (Fsp3) is 0.0435. The maximum atomic E-state index is 13.4. The minimum atomic E-state index is -1.04. The zero-order valence-electron chi connectivity index (χ0n) is 14.8. The topological polar surface area (TPSA) is 59.2 Å². The molecule has 1 unspecified atom stereocenters. The van der Waals surface area contributed by atoms with E-state index >= 15 is 0 Å². The maximum Gasteiger partial charge on any atom is 0.340 e. The van der Waals surface area contributed by atoms with Crippen LogP contribution < -0.4 is 0 Å². The number of fused-ring (bicyclic) bond motifs is 1. The molecule has 138 valence electrons. The predicted molar refractivity (Wildman–Crippen MR) is 111 cm³/mol. The summed E-state index contributed by atoms with van der Waals surface area (Å²) in [6.45, 7) is 0. The highest BCUT2D eigenvalue weighted by Crippen LogP contribution is 2.29. The summed E-state index contributed by atoms with van der Waals surface area (Å²) in [5.41, 5.74) is 2.34. The van der Waals surface area contributed by atoms with Crippen LogP contribution in [0, 0.1) is 0 Å². The number of H-pyrrole nitrogens is 1. The highest BCUT2D eigenvalue weighted by Gasteiger charge is 2.29. The number of hydrogen-bond donors (Lipinski definition) is 1. The van der Waals surface area contributed by atoms with Crippen LogP contribution >= 0.6 is 15.9 Å². The van der Waals surface area contributed by atoms with Crippen LogP contribution in [0.4, 0.5) is 0 Å². The largest absolute Gasteiger partial charge is 0.445 e. The number of nitrogens with one attached hydrogen (secondary N) is 1. The lowest BCUT2D eigenvalue weighted by Gasteiger charge is -2.17. The zero-order chi connectivity index (χ0) is 19.5. The third-order valence-corrected chi connectivity index (χ3v) is 5.21. The molecule has 1 heterocycles. The average molecular weight is 434 g/mol. The Morgan fingerprint density at radius 3 is 2.29 bits per heavy atom. The molecule has 0 aliphatic heterocycles. The number of benzene rings is 3. The van der Waals surface area contributed by atoms with Crippen molar-refractivity contribution in [1.29, 1.82) is 0 Å². The van der Waals surface area contributed by atoms with Gasteiger partial charge in [0.1, 0.15) is 0 Å². The Bertz CT molecular complexity index is 1150. The molecule has 0 amide bonds. The maximum absolute atomic E-state index is 13.4. The molecule has 1 aromatic heterocycles. The van der Waals surface area contributed by atoms with Crippen LogP contribution in [0.2, 0.25) is 0 Å². The summed E-state index contributed by atoms with van der Waals surface area (Å²) < 4.78 is 6.32. The Kier molecular flexibility index (Phi) is 5.08. The number of halogens is 1. The van der Waals surface area contributed by atoms with E-state index in [1.165, 1.54) is 0 Å². The van der Waals surface area contributed by atoms with E-state index in [1.807, 2.05) is 48.5 Å². The van der Waals surface area contributed by atoms with Crippen molar-refractivity contribution in [1.82, 2.24) is 4.98 Å². The highest BCUT2D eigenvalue weighted by atomic mass is 79.9. The minimum absolute atomic E-state index is 0.274. The zero-order valence-corrected chi connectivity index (χ0v) is 16.3. The number of carbonyl (C=O) groups excluding carboxylic acids is 2. The number of carbonyl (C=O) groups is 2. The standard InChI is InChI=1S/C23H16BrNO3/c24-19-12-6-4-11-17(19)23(27)28-22(15-8-2-1-3-9-15)21(26)18-14-25-20-13-7-5-10-16(18)20/h1-14,22,25H. The van der Waals surface area contributed by atoms with E-state index in [4.69, 9.17) is 4.74 Å². The molecule has 0 radical (unpaired) electrons. The van der Waals surface area contributed by atoms with Crippen molar-refractivity contribution in [2.75, 3.05) is 0 Å². The van der Waals surface area contributed by atoms with E-state index in [1.54, 1.807) is 36.5 Å². The molecule has 0 bridgehead atoms. The molecule has 4 rings (SSSR count). The fourth-order valence-electron chi connectivity index (χ4n) is 3.11. The third kappa shape index (κ3) is 3.49. The van der Waals surface area contributed by atoms with Gasteiger partial charge < -0.3 is 9.72 Å². The van der Waals surface area contributed by atoms with Crippen LogP contribution in [-0.2, 0) is 4.74 Å². The molecule has 0 fully saturated rings. The number of para-hydroxylation sites is 1. The molecule has 4 nitrogen and oxygen atoms in total. The molecule has 0 saturated heterocycles. The molecular formula is C23H16BrNO3. The summed E-state index contributed by atoms with van der Waals surface area (Å²) in [5, 5.41) is 0.797. The van der Waals surface area contributed by atoms with Gasteiger partial charge in [-0.25, -0.2) is 4.79 Å². The fourth-order valence-corrected chi connectivity index (χ4v) is 3.56. The average Bonchev–Trinajstić information content (AvgIpc) is 3.16. The van der Waals surface area contributed by atoms with Gasteiger partial charge in [-0.1, -0.05) is 60.7 Å². The molecule has 0 aliphatic rings. The van der Waals surface area contributed by atoms with Crippen molar-refractivity contribution in [2.45, 2.75) is 6.10 Å². The second kappa shape index (κ2) is 7.82. The van der Waals surface area contributed by atoms with Crippen LogP contribution in [-0.4, -0.2) is 16.7 Å². The lowest BCUT2D eigenvalue weighted by Crippen LogP contribution is -2.20. The second-order valence-corrected chi connectivity index (χ2v) is 7.14. The van der Waals surface area contributed by atoms with Gasteiger partial charge in [0.2, 0.25) is 5.78 Å². The molecule has 28 heavy (non-hydrogen) atoms. The van der Waals surface area contributed by atoms with Gasteiger partial charge in [0.25, 0.3) is 0 Å². The third-order valence-electron chi connectivity index (χ3n) is 4.51. The van der Waals surface area contributed by atoms with E-state index in [0.29, 0.717) is 21.2 Å². The number of Topliss-reactive ketones (excluding diaryl/α,β-unsaturated/α-hetero) is 1. The first kappa shape index (κ1) is 18.2. The molecule has 1 atom stereocenters. The van der Waals surface area contributed by atoms with Gasteiger partial charge in [-0.05, 0) is 34.1 Å². The second-order valence-electron chi connectivity index (χ2n) is 6.29. The van der Waals surface area contributed by atoms with Gasteiger partial charge in [0.15, 0.2) is 6.10 Å². The van der Waals surface area contributed by atoms with Crippen LogP contribution in [0.3, 0.4) is 0 Å². The lowest BCUT2D eigenvalue weighted by atomic mass is 9.99. The normalized spacial score (nSPS) is 11.9. The van der Waals surface area contributed by atoms with E-state index in [9.17, 15) is 9.59 Å². The van der Waals surface area contributed by atoms with Gasteiger partial charge in [0, 0.05) is 32.7 Å². The Balaban J connectivity index is 1.73. The van der Waals surface area contributed by atoms with Crippen molar-refractivity contribution in [3.8, 4) is 0 Å². The molecular weight excluding hydrogens is 418 g/mol. The first-order valence-electron chi connectivity index (χ1n) is 8.76. The smallest absolute Gasteiger partial charge is 0.340 e. The van der Waals surface area contributed by atoms with Crippen molar-refractivity contribution in [3.63, 3.8) is 0 Å². The summed E-state index contributed by atoms with van der Waals surface area (Å²) in [6.07, 6.45) is 0.620. The summed E-state index contributed by atoms with van der Waals surface area (Å²) in [7, 11) is 0. The monoisotopic (exact) mass is 433 g/mol. The quantitative estimate of drug-likeness (QED) is 0.323. The Labute approximate surface area is 170 Å². The van der Waals surface area contributed by atoms with E-state index in [-0.39, 0.29) is 5.78 Å². The Morgan fingerprint density at radius 1 is 0.821 bits per heavy atom. The van der Waals surface area contributed by atoms with E-state index in [2.05, 4.69) is 20.9 Å². The van der Waals surface area contributed by atoms with Gasteiger partial charge in [-0.3, -0.25) is 4.79 Å². The van der Waals surface area contributed by atoms with Gasteiger partial charge in [-0.15, -0.1) is 0 Å². The van der Waals surface area contributed by atoms with E-state index < -0.39 is 12.1 Å². The number of aromatic nitrogens is 1. The highest BCUT2D eigenvalue weighted by molar-refractivity contribution is 9.10. The van der Waals surface area contributed by atoms with Crippen LogP contribution in [0.15, 0.2) is 89.5 Å². The Hall–Kier alpha value is -3.18. The van der Waals surface area contributed by atoms with Gasteiger partial charge in [0.05, 0.1) is 5.56 Å². The SMILES string of the molecule is O=C(OC(C(=O)c1c[nH]c2ccccc12)c1ccccc1)c1ccccc1Br. The van der Waals surface area contributed by atoms with Gasteiger partial charge in [-0.2, -0.15) is 0 Å². The number of esters is 1. The molecule has 0 aliphatic carbocycles.